The Bertz CT molecular complexity index is 438. The van der Waals surface area contributed by atoms with Crippen LogP contribution in [0.1, 0.15) is 12.0 Å². The van der Waals surface area contributed by atoms with E-state index in [1.807, 2.05) is 18.2 Å². The summed E-state index contributed by atoms with van der Waals surface area (Å²) in [5, 5.41) is 5.82. The first-order valence-electron chi connectivity index (χ1n) is 6.91. The third-order valence-electron chi connectivity index (χ3n) is 2.91. The summed E-state index contributed by atoms with van der Waals surface area (Å²) in [7, 11) is 4.88. The van der Waals surface area contributed by atoms with E-state index in [0.717, 1.165) is 18.7 Å². The second-order valence-corrected chi connectivity index (χ2v) is 4.43. The van der Waals surface area contributed by atoms with Gasteiger partial charge in [-0.15, -0.1) is 0 Å². The first-order chi connectivity index (χ1) is 10.2. The molecule has 6 heteroatoms. The Hall–Kier alpha value is -1.79. The molecule has 0 spiro atoms. The Balaban J connectivity index is 2.56. The Labute approximate surface area is 125 Å². The van der Waals surface area contributed by atoms with Crippen LogP contribution >= 0.6 is 0 Å². The number of hydrogen-bond acceptors (Lipinski definition) is 5. The highest BCUT2D eigenvalue weighted by molar-refractivity contribution is 5.75. The van der Waals surface area contributed by atoms with Crippen LogP contribution in [-0.4, -0.2) is 46.9 Å². The average molecular weight is 296 g/mol. The van der Waals surface area contributed by atoms with Crippen LogP contribution in [0.4, 0.5) is 0 Å². The molecular formula is C15H24N2O4. The van der Waals surface area contributed by atoms with E-state index in [2.05, 4.69) is 10.6 Å². The fourth-order valence-corrected chi connectivity index (χ4v) is 1.73. The van der Waals surface area contributed by atoms with Gasteiger partial charge in [-0.05, 0) is 17.7 Å². The van der Waals surface area contributed by atoms with E-state index >= 15 is 0 Å². The Morgan fingerprint density at radius 2 is 2.00 bits per heavy atom. The molecule has 6 nitrogen and oxygen atoms in total. The van der Waals surface area contributed by atoms with Gasteiger partial charge < -0.3 is 24.8 Å². The molecule has 0 unspecified atom stereocenters. The number of amides is 1. The minimum absolute atomic E-state index is 0.0497. The molecule has 0 aromatic heterocycles. The number of nitrogens with one attached hydrogen (secondary N) is 2. The zero-order valence-electron chi connectivity index (χ0n) is 12.9. The SMILES string of the molecule is CNC(=O)CCOc1cc(CNCCOC)ccc1OC. The smallest absolute Gasteiger partial charge is 0.223 e. The molecule has 1 aromatic carbocycles. The highest BCUT2D eigenvalue weighted by Crippen LogP contribution is 2.28. The fraction of sp³-hybridized carbons (Fsp3) is 0.533. The molecule has 21 heavy (non-hydrogen) atoms. The van der Waals surface area contributed by atoms with Crippen molar-refractivity contribution in [1.29, 1.82) is 0 Å². The van der Waals surface area contributed by atoms with E-state index in [-0.39, 0.29) is 5.91 Å². The molecule has 0 radical (unpaired) electrons. The van der Waals surface area contributed by atoms with Crippen molar-refractivity contribution in [3.05, 3.63) is 23.8 Å². The minimum Gasteiger partial charge on any atom is -0.493 e. The maximum Gasteiger partial charge on any atom is 0.223 e. The quantitative estimate of drug-likeness (QED) is 0.629. The summed E-state index contributed by atoms with van der Waals surface area (Å²) in [5.41, 5.74) is 1.09. The van der Waals surface area contributed by atoms with Gasteiger partial charge in [0.25, 0.3) is 0 Å². The van der Waals surface area contributed by atoms with Crippen molar-refractivity contribution in [3.8, 4) is 11.5 Å². The fourth-order valence-electron chi connectivity index (χ4n) is 1.73. The number of benzene rings is 1. The highest BCUT2D eigenvalue weighted by Gasteiger charge is 2.07. The maximum absolute atomic E-state index is 11.2. The van der Waals surface area contributed by atoms with E-state index in [9.17, 15) is 4.79 Å². The number of carbonyl (C=O) groups is 1. The summed E-state index contributed by atoms with van der Waals surface area (Å²) >= 11 is 0. The Morgan fingerprint density at radius 3 is 2.67 bits per heavy atom. The first kappa shape index (κ1) is 17.3. The lowest BCUT2D eigenvalue weighted by Gasteiger charge is -2.12. The van der Waals surface area contributed by atoms with Gasteiger partial charge in [0.05, 0.1) is 26.7 Å². The summed E-state index contributed by atoms with van der Waals surface area (Å²) in [5.74, 6) is 1.26. The van der Waals surface area contributed by atoms with Crippen LogP contribution in [0.2, 0.25) is 0 Å². The largest absolute Gasteiger partial charge is 0.493 e. The average Bonchev–Trinajstić information content (AvgIpc) is 2.51. The topological polar surface area (TPSA) is 68.8 Å². The summed E-state index contributed by atoms with van der Waals surface area (Å²) in [4.78, 5) is 11.2. The molecule has 0 saturated heterocycles. The highest BCUT2D eigenvalue weighted by atomic mass is 16.5. The molecule has 1 aromatic rings. The number of rotatable bonds is 10. The van der Waals surface area contributed by atoms with Crippen LogP contribution in [0.15, 0.2) is 18.2 Å². The molecule has 0 aliphatic heterocycles. The Morgan fingerprint density at radius 1 is 1.19 bits per heavy atom. The van der Waals surface area contributed by atoms with Gasteiger partial charge in [0.2, 0.25) is 5.91 Å². The Kier molecular flexibility index (Phi) is 8.23. The van der Waals surface area contributed by atoms with Crippen molar-refractivity contribution in [2.75, 3.05) is 41.0 Å². The van der Waals surface area contributed by atoms with Crippen molar-refractivity contribution >= 4 is 5.91 Å². The lowest BCUT2D eigenvalue weighted by Crippen LogP contribution is -2.20. The van der Waals surface area contributed by atoms with E-state index in [1.165, 1.54) is 0 Å². The second kappa shape index (κ2) is 10.0. The number of methoxy groups -OCH3 is 2. The van der Waals surface area contributed by atoms with Crippen LogP contribution in [0.5, 0.6) is 11.5 Å². The van der Waals surface area contributed by atoms with Crippen LogP contribution in [0.25, 0.3) is 0 Å². The molecule has 0 aliphatic rings. The van der Waals surface area contributed by atoms with E-state index < -0.39 is 0 Å². The van der Waals surface area contributed by atoms with Gasteiger partial charge in [-0.1, -0.05) is 6.07 Å². The lowest BCUT2D eigenvalue weighted by molar-refractivity contribution is -0.121. The summed E-state index contributed by atoms with van der Waals surface area (Å²) in [6.45, 7) is 2.50. The van der Waals surface area contributed by atoms with Crippen molar-refractivity contribution in [2.45, 2.75) is 13.0 Å². The van der Waals surface area contributed by atoms with Crippen molar-refractivity contribution in [3.63, 3.8) is 0 Å². The van der Waals surface area contributed by atoms with Gasteiger partial charge in [0.15, 0.2) is 11.5 Å². The molecule has 118 valence electrons. The predicted octanol–water partition coefficient (Wildman–Crippen LogP) is 0.946. The van der Waals surface area contributed by atoms with Gasteiger partial charge in [-0.3, -0.25) is 4.79 Å². The monoisotopic (exact) mass is 296 g/mol. The minimum atomic E-state index is -0.0497. The van der Waals surface area contributed by atoms with Crippen molar-refractivity contribution in [1.82, 2.24) is 10.6 Å². The molecule has 1 amide bonds. The van der Waals surface area contributed by atoms with Crippen molar-refractivity contribution in [2.24, 2.45) is 0 Å². The van der Waals surface area contributed by atoms with Crippen LogP contribution < -0.4 is 20.1 Å². The second-order valence-electron chi connectivity index (χ2n) is 4.43. The molecule has 2 N–H and O–H groups in total. The zero-order chi connectivity index (χ0) is 15.5. The molecule has 0 bridgehead atoms. The third-order valence-corrected chi connectivity index (χ3v) is 2.91. The zero-order valence-corrected chi connectivity index (χ0v) is 12.9. The normalized spacial score (nSPS) is 10.2. The molecule has 0 heterocycles. The molecule has 0 saturated carbocycles. The molecule has 1 rings (SSSR count). The number of ether oxygens (including phenoxy) is 3. The predicted molar refractivity (Wildman–Crippen MR) is 80.8 cm³/mol. The van der Waals surface area contributed by atoms with Crippen LogP contribution in [-0.2, 0) is 16.1 Å². The van der Waals surface area contributed by atoms with E-state index in [0.29, 0.717) is 31.1 Å². The standard InChI is InChI=1S/C15H24N2O4/c1-16-15(18)6-8-21-14-10-12(4-5-13(14)20-3)11-17-7-9-19-2/h4-5,10,17H,6-9,11H2,1-3H3,(H,16,18). The molecular weight excluding hydrogens is 272 g/mol. The number of carbonyl (C=O) groups excluding carboxylic acids is 1. The summed E-state index contributed by atoms with van der Waals surface area (Å²) in [6.07, 6.45) is 0.315. The van der Waals surface area contributed by atoms with Gasteiger partial charge in [-0.2, -0.15) is 0 Å². The van der Waals surface area contributed by atoms with E-state index in [1.54, 1.807) is 21.3 Å². The van der Waals surface area contributed by atoms with Crippen LogP contribution in [0, 0.1) is 0 Å². The first-order valence-corrected chi connectivity index (χ1v) is 6.91. The van der Waals surface area contributed by atoms with E-state index in [4.69, 9.17) is 14.2 Å². The van der Waals surface area contributed by atoms with Gasteiger partial charge in [-0.25, -0.2) is 0 Å². The molecule has 0 atom stereocenters. The maximum atomic E-state index is 11.2. The number of hydrogen-bond donors (Lipinski definition) is 2. The molecule has 0 fully saturated rings. The van der Waals surface area contributed by atoms with Gasteiger partial charge in [0, 0.05) is 27.2 Å². The van der Waals surface area contributed by atoms with Crippen LogP contribution in [0.3, 0.4) is 0 Å². The van der Waals surface area contributed by atoms with Gasteiger partial charge in [0.1, 0.15) is 0 Å². The third kappa shape index (κ3) is 6.46. The molecule has 0 aliphatic carbocycles. The summed E-state index contributed by atoms with van der Waals surface area (Å²) < 4.78 is 15.9. The lowest BCUT2D eigenvalue weighted by atomic mass is 10.2. The summed E-state index contributed by atoms with van der Waals surface area (Å²) in [6, 6.07) is 5.76. The van der Waals surface area contributed by atoms with Gasteiger partial charge >= 0.3 is 0 Å². The van der Waals surface area contributed by atoms with Crippen molar-refractivity contribution < 1.29 is 19.0 Å².